The maximum atomic E-state index is 5.73. The van der Waals surface area contributed by atoms with E-state index in [0.29, 0.717) is 5.88 Å². The molecule has 2 aromatic rings. The Morgan fingerprint density at radius 1 is 1.11 bits per heavy atom. The van der Waals surface area contributed by atoms with Gasteiger partial charge in [0.05, 0.1) is 0 Å². The van der Waals surface area contributed by atoms with Crippen molar-refractivity contribution in [3.05, 3.63) is 41.1 Å². The Balaban J connectivity index is 1.88. The number of ether oxygens (including phenoxy) is 1. The molecule has 4 heteroatoms. The average molecular weight is 241 g/mol. The first kappa shape index (κ1) is 11.0. The lowest BCUT2D eigenvalue weighted by Gasteiger charge is -2.07. The van der Waals surface area contributed by atoms with Gasteiger partial charge in [-0.1, -0.05) is 6.07 Å². The molecule has 1 aliphatic rings. The molecule has 0 unspecified atom stereocenters. The van der Waals surface area contributed by atoms with E-state index in [0.717, 1.165) is 17.9 Å². The van der Waals surface area contributed by atoms with Crippen LogP contribution in [0.15, 0.2) is 24.3 Å². The molecule has 1 heterocycles. The van der Waals surface area contributed by atoms with Gasteiger partial charge in [0, 0.05) is 11.8 Å². The first-order valence-electron chi connectivity index (χ1n) is 6.11. The minimum Gasteiger partial charge on any atom is -0.439 e. The van der Waals surface area contributed by atoms with Gasteiger partial charge in [-0.25, -0.2) is 4.98 Å². The van der Waals surface area contributed by atoms with Crippen LogP contribution >= 0.6 is 0 Å². The molecule has 92 valence electrons. The number of benzene rings is 1. The molecule has 0 saturated heterocycles. The SMILES string of the molecule is Cc1cc(Oc2ccc3c(c2)CCC3)nc(N)n1. The van der Waals surface area contributed by atoms with Crippen LogP contribution in [0.5, 0.6) is 11.6 Å². The molecule has 0 fully saturated rings. The number of fused-ring (bicyclic) bond motifs is 1. The van der Waals surface area contributed by atoms with E-state index in [1.54, 1.807) is 6.07 Å². The third-order valence-corrected chi connectivity index (χ3v) is 3.14. The molecule has 18 heavy (non-hydrogen) atoms. The van der Waals surface area contributed by atoms with Crippen molar-refractivity contribution < 1.29 is 4.74 Å². The minimum atomic E-state index is 0.242. The molecule has 0 radical (unpaired) electrons. The molecule has 0 spiro atoms. The van der Waals surface area contributed by atoms with Crippen LogP contribution in [0.4, 0.5) is 5.95 Å². The van der Waals surface area contributed by atoms with Crippen LogP contribution in [0.25, 0.3) is 0 Å². The van der Waals surface area contributed by atoms with Crippen molar-refractivity contribution in [1.82, 2.24) is 9.97 Å². The molecule has 4 nitrogen and oxygen atoms in total. The molecule has 0 atom stereocenters. The fourth-order valence-corrected chi connectivity index (χ4v) is 2.35. The number of nitrogens with zero attached hydrogens (tertiary/aromatic N) is 2. The van der Waals surface area contributed by atoms with Crippen LogP contribution in [-0.4, -0.2) is 9.97 Å². The van der Waals surface area contributed by atoms with E-state index in [-0.39, 0.29) is 5.95 Å². The normalized spacial score (nSPS) is 13.4. The molecule has 1 aliphatic carbocycles. The summed E-state index contributed by atoms with van der Waals surface area (Å²) in [5.74, 6) is 1.55. The summed E-state index contributed by atoms with van der Waals surface area (Å²) in [6.45, 7) is 1.87. The van der Waals surface area contributed by atoms with Crippen molar-refractivity contribution in [3.63, 3.8) is 0 Å². The average Bonchev–Trinajstić information content (AvgIpc) is 2.74. The first-order valence-corrected chi connectivity index (χ1v) is 6.11. The molecule has 0 saturated carbocycles. The largest absolute Gasteiger partial charge is 0.439 e. The lowest BCUT2D eigenvalue weighted by Crippen LogP contribution is -1.98. The summed E-state index contributed by atoms with van der Waals surface area (Å²) in [4.78, 5) is 8.09. The molecule has 0 amide bonds. The van der Waals surface area contributed by atoms with E-state index in [4.69, 9.17) is 10.5 Å². The maximum absolute atomic E-state index is 5.73. The van der Waals surface area contributed by atoms with Crippen LogP contribution in [0.1, 0.15) is 23.2 Å². The van der Waals surface area contributed by atoms with E-state index in [9.17, 15) is 0 Å². The van der Waals surface area contributed by atoms with Gasteiger partial charge in [-0.3, -0.25) is 0 Å². The smallest absolute Gasteiger partial charge is 0.224 e. The van der Waals surface area contributed by atoms with E-state index >= 15 is 0 Å². The lowest BCUT2D eigenvalue weighted by atomic mass is 10.1. The van der Waals surface area contributed by atoms with Crippen molar-refractivity contribution in [3.8, 4) is 11.6 Å². The Kier molecular flexibility index (Phi) is 2.63. The number of nitrogen functional groups attached to an aromatic ring is 1. The van der Waals surface area contributed by atoms with Crippen LogP contribution in [0.3, 0.4) is 0 Å². The monoisotopic (exact) mass is 241 g/mol. The van der Waals surface area contributed by atoms with Crippen molar-refractivity contribution in [1.29, 1.82) is 0 Å². The number of aromatic nitrogens is 2. The van der Waals surface area contributed by atoms with Gasteiger partial charge < -0.3 is 10.5 Å². The first-order chi connectivity index (χ1) is 8.70. The third kappa shape index (κ3) is 2.14. The highest BCUT2D eigenvalue weighted by Gasteiger charge is 2.12. The zero-order valence-corrected chi connectivity index (χ0v) is 10.3. The van der Waals surface area contributed by atoms with Crippen LogP contribution in [0, 0.1) is 6.92 Å². The van der Waals surface area contributed by atoms with E-state index in [1.807, 2.05) is 13.0 Å². The summed E-state index contributed by atoms with van der Waals surface area (Å²) in [6, 6.07) is 7.99. The molecular formula is C14H15N3O. The van der Waals surface area contributed by atoms with Crippen molar-refractivity contribution in [2.75, 3.05) is 5.73 Å². The number of hydrogen-bond acceptors (Lipinski definition) is 4. The van der Waals surface area contributed by atoms with E-state index in [1.165, 1.54) is 24.0 Å². The van der Waals surface area contributed by atoms with Crippen LogP contribution in [-0.2, 0) is 12.8 Å². The molecule has 2 N–H and O–H groups in total. The molecule has 0 aliphatic heterocycles. The Hall–Kier alpha value is -2.10. The number of nitrogens with two attached hydrogens (primary N) is 1. The number of hydrogen-bond donors (Lipinski definition) is 1. The minimum absolute atomic E-state index is 0.242. The van der Waals surface area contributed by atoms with Crippen LogP contribution < -0.4 is 10.5 Å². The van der Waals surface area contributed by atoms with Gasteiger partial charge in [0.2, 0.25) is 11.8 Å². The highest BCUT2D eigenvalue weighted by atomic mass is 16.5. The second-order valence-corrected chi connectivity index (χ2v) is 4.59. The van der Waals surface area contributed by atoms with Crippen LogP contribution in [0.2, 0.25) is 0 Å². The van der Waals surface area contributed by atoms with Gasteiger partial charge in [0.1, 0.15) is 5.75 Å². The Morgan fingerprint density at radius 2 is 1.94 bits per heavy atom. The zero-order valence-electron chi connectivity index (χ0n) is 10.3. The van der Waals surface area contributed by atoms with Gasteiger partial charge in [-0.2, -0.15) is 4.98 Å². The van der Waals surface area contributed by atoms with Gasteiger partial charge in [-0.05, 0) is 49.4 Å². The molecule has 1 aromatic carbocycles. The highest BCUT2D eigenvalue weighted by molar-refractivity contribution is 5.40. The predicted molar refractivity (Wildman–Crippen MR) is 69.7 cm³/mol. The zero-order chi connectivity index (χ0) is 12.5. The third-order valence-electron chi connectivity index (χ3n) is 3.14. The summed E-state index contributed by atoms with van der Waals surface area (Å²) in [5, 5.41) is 0. The molecule has 1 aromatic heterocycles. The van der Waals surface area contributed by atoms with Crippen molar-refractivity contribution in [2.45, 2.75) is 26.2 Å². The summed E-state index contributed by atoms with van der Waals surface area (Å²) < 4.78 is 5.73. The number of rotatable bonds is 2. The maximum Gasteiger partial charge on any atom is 0.224 e. The molecule has 3 rings (SSSR count). The van der Waals surface area contributed by atoms with Gasteiger partial charge in [0.15, 0.2) is 0 Å². The van der Waals surface area contributed by atoms with Gasteiger partial charge >= 0.3 is 0 Å². The van der Waals surface area contributed by atoms with Gasteiger partial charge in [0.25, 0.3) is 0 Å². The van der Waals surface area contributed by atoms with Crippen molar-refractivity contribution >= 4 is 5.95 Å². The fourth-order valence-electron chi connectivity index (χ4n) is 2.35. The molecular weight excluding hydrogens is 226 g/mol. The second kappa shape index (κ2) is 4.29. The molecule has 0 bridgehead atoms. The van der Waals surface area contributed by atoms with E-state index in [2.05, 4.69) is 22.1 Å². The standard InChI is InChI=1S/C14H15N3O/c1-9-7-13(17-14(15)16-9)18-12-6-5-10-3-2-4-11(10)8-12/h5-8H,2-4H2,1H3,(H2,15,16,17). The van der Waals surface area contributed by atoms with Crippen molar-refractivity contribution in [2.24, 2.45) is 0 Å². The number of aryl methyl sites for hydroxylation is 3. The van der Waals surface area contributed by atoms with Gasteiger partial charge in [-0.15, -0.1) is 0 Å². The van der Waals surface area contributed by atoms with E-state index < -0.39 is 0 Å². The Morgan fingerprint density at radius 3 is 2.78 bits per heavy atom. The fraction of sp³-hybridized carbons (Fsp3) is 0.286. The Bertz CT molecular complexity index is 575. The summed E-state index contributed by atoms with van der Waals surface area (Å²) >= 11 is 0. The second-order valence-electron chi connectivity index (χ2n) is 4.59. The number of anilines is 1. The highest BCUT2D eigenvalue weighted by Crippen LogP contribution is 2.28. The summed E-state index contributed by atoms with van der Waals surface area (Å²) in [5.41, 5.74) is 9.22. The Labute approximate surface area is 106 Å². The quantitative estimate of drug-likeness (QED) is 0.878. The predicted octanol–water partition coefficient (Wildman–Crippen LogP) is 2.65. The summed E-state index contributed by atoms with van der Waals surface area (Å²) in [6.07, 6.45) is 3.55. The summed E-state index contributed by atoms with van der Waals surface area (Å²) in [7, 11) is 0. The lowest BCUT2D eigenvalue weighted by molar-refractivity contribution is 0.461. The topological polar surface area (TPSA) is 61.0 Å².